The maximum atomic E-state index is 12.1. The Bertz CT molecular complexity index is 492. The molecular formula is C16H21NO3. The summed E-state index contributed by atoms with van der Waals surface area (Å²) in [5.41, 5.74) is 0.771. The molecule has 2 rings (SSSR count). The molecule has 0 heterocycles. The molecule has 4 heteroatoms. The van der Waals surface area contributed by atoms with Crippen LogP contribution < -0.4 is 5.32 Å². The smallest absolute Gasteiger partial charge is 0.335 e. The predicted molar refractivity (Wildman–Crippen MR) is 76.7 cm³/mol. The van der Waals surface area contributed by atoms with Gasteiger partial charge in [0.2, 0.25) is 5.91 Å². The van der Waals surface area contributed by atoms with Gasteiger partial charge in [-0.05, 0) is 37.3 Å². The van der Waals surface area contributed by atoms with Crippen LogP contribution in [0.15, 0.2) is 24.3 Å². The van der Waals surface area contributed by atoms with E-state index >= 15 is 0 Å². The Morgan fingerprint density at radius 3 is 2.60 bits per heavy atom. The first-order chi connectivity index (χ1) is 9.58. The molecule has 4 nitrogen and oxygen atoms in total. The summed E-state index contributed by atoms with van der Waals surface area (Å²) in [6.07, 6.45) is 4.96. The highest BCUT2D eigenvalue weighted by molar-refractivity contribution is 5.91. The molecule has 0 unspecified atom stereocenters. The summed E-state index contributed by atoms with van der Waals surface area (Å²) in [6.45, 7) is 2.04. The highest BCUT2D eigenvalue weighted by Crippen LogP contribution is 2.27. The number of carbonyl (C=O) groups excluding carboxylic acids is 1. The van der Waals surface area contributed by atoms with Gasteiger partial charge in [-0.1, -0.05) is 31.0 Å². The van der Waals surface area contributed by atoms with Gasteiger partial charge in [0.05, 0.1) is 12.0 Å². The minimum absolute atomic E-state index is 0.0990. The molecule has 1 aliphatic rings. The molecule has 0 aliphatic heterocycles. The van der Waals surface area contributed by atoms with Gasteiger partial charge < -0.3 is 10.4 Å². The lowest BCUT2D eigenvalue weighted by Gasteiger charge is -2.20. The van der Waals surface area contributed by atoms with Crippen LogP contribution in [0.2, 0.25) is 0 Å². The quantitative estimate of drug-likeness (QED) is 0.868. The Morgan fingerprint density at radius 2 is 1.95 bits per heavy atom. The van der Waals surface area contributed by atoms with Crippen molar-refractivity contribution in [3.05, 3.63) is 35.4 Å². The van der Waals surface area contributed by atoms with Crippen LogP contribution in [0.25, 0.3) is 0 Å². The molecule has 1 atom stereocenters. The van der Waals surface area contributed by atoms with E-state index in [-0.39, 0.29) is 23.9 Å². The fraction of sp³-hybridized carbons (Fsp3) is 0.500. The van der Waals surface area contributed by atoms with Crippen LogP contribution in [-0.4, -0.2) is 23.0 Å². The molecule has 20 heavy (non-hydrogen) atoms. The van der Waals surface area contributed by atoms with Crippen LogP contribution in [0.4, 0.5) is 0 Å². The number of carbonyl (C=O) groups is 2. The number of hydrogen-bond acceptors (Lipinski definition) is 2. The summed E-state index contributed by atoms with van der Waals surface area (Å²) >= 11 is 0. The molecule has 1 saturated carbocycles. The monoisotopic (exact) mass is 275 g/mol. The van der Waals surface area contributed by atoms with Gasteiger partial charge in [0.1, 0.15) is 0 Å². The zero-order valence-corrected chi connectivity index (χ0v) is 11.8. The zero-order chi connectivity index (χ0) is 14.5. The molecule has 0 bridgehead atoms. The minimum atomic E-state index is -0.989. The van der Waals surface area contributed by atoms with E-state index in [2.05, 4.69) is 5.32 Å². The van der Waals surface area contributed by atoms with Crippen LogP contribution in [-0.2, 0) is 11.2 Å². The van der Waals surface area contributed by atoms with E-state index in [4.69, 9.17) is 5.11 Å². The average Bonchev–Trinajstić information content (AvgIpc) is 2.92. The van der Waals surface area contributed by atoms with Gasteiger partial charge in [-0.25, -0.2) is 4.79 Å². The lowest BCUT2D eigenvalue weighted by molar-refractivity contribution is -0.121. The molecule has 1 fully saturated rings. The normalized spacial score (nSPS) is 16.9. The summed E-state index contributed by atoms with van der Waals surface area (Å²) in [5, 5.41) is 12.1. The molecule has 0 saturated heterocycles. The molecule has 108 valence electrons. The highest BCUT2D eigenvalue weighted by atomic mass is 16.4. The van der Waals surface area contributed by atoms with Crippen molar-refractivity contribution in [3.8, 4) is 0 Å². The highest BCUT2D eigenvalue weighted by Gasteiger charge is 2.23. The number of nitrogens with one attached hydrogen (secondary N) is 1. The van der Waals surface area contributed by atoms with E-state index in [9.17, 15) is 9.59 Å². The standard InChI is InChI=1S/C16H21NO3/c1-11(12-6-2-3-7-12)17-15(18)10-13-8-4-5-9-14(13)16(19)20/h4-5,8-9,11-12H,2-3,6-7,10H2,1H3,(H,17,18)(H,19,20)/t11-/m0/s1. The molecule has 2 N–H and O–H groups in total. The van der Waals surface area contributed by atoms with Crippen molar-refractivity contribution in [3.63, 3.8) is 0 Å². The van der Waals surface area contributed by atoms with Gasteiger partial charge in [0, 0.05) is 6.04 Å². The lowest BCUT2D eigenvalue weighted by atomic mass is 9.99. The Balaban J connectivity index is 1.96. The Morgan fingerprint density at radius 1 is 1.30 bits per heavy atom. The lowest BCUT2D eigenvalue weighted by Crippen LogP contribution is -2.38. The SMILES string of the molecule is C[C@H](NC(=O)Cc1ccccc1C(=O)O)C1CCCC1. The van der Waals surface area contributed by atoms with Crippen molar-refractivity contribution >= 4 is 11.9 Å². The average molecular weight is 275 g/mol. The Kier molecular flexibility index (Phi) is 4.77. The van der Waals surface area contributed by atoms with Crippen molar-refractivity contribution in [2.75, 3.05) is 0 Å². The van der Waals surface area contributed by atoms with Crippen LogP contribution >= 0.6 is 0 Å². The van der Waals surface area contributed by atoms with Crippen molar-refractivity contribution in [2.45, 2.75) is 45.1 Å². The van der Waals surface area contributed by atoms with Crippen LogP contribution in [0.5, 0.6) is 0 Å². The van der Waals surface area contributed by atoms with Gasteiger partial charge in [0.25, 0.3) is 0 Å². The van der Waals surface area contributed by atoms with Gasteiger partial charge in [-0.2, -0.15) is 0 Å². The number of aromatic carboxylic acids is 1. The van der Waals surface area contributed by atoms with Gasteiger partial charge in [-0.3, -0.25) is 4.79 Å². The van der Waals surface area contributed by atoms with E-state index in [0.29, 0.717) is 11.5 Å². The van der Waals surface area contributed by atoms with Crippen molar-refractivity contribution in [1.82, 2.24) is 5.32 Å². The summed E-state index contributed by atoms with van der Waals surface area (Å²) in [6, 6.07) is 6.83. The first-order valence-electron chi connectivity index (χ1n) is 7.18. The number of carboxylic acid groups (broad SMARTS) is 1. The molecule has 1 aromatic rings. The summed E-state index contributed by atoms with van der Waals surface area (Å²) in [4.78, 5) is 23.2. The second-order valence-corrected chi connectivity index (χ2v) is 5.54. The van der Waals surface area contributed by atoms with Crippen LogP contribution in [0, 0.1) is 5.92 Å². The number of rotatable bonds is 5. The van der Waals surface area contributed by atoms with Gasteiger partial charge >= 0.3 is 5.97 Å². The van der Waals surface area contributed by atoms with E-state index in [1.54, 1.807) is 18.2 Å². The first-order valence-corrected chi connectivity index (χ1v) is 7.18. The van der Waals surface area contributed by atoms with Gasteiger partial charge in [0.15, 0.2) is 0 Å². The third-order valence-corrected chi connectivity index (χ3v) is 4.09. The van der Waals surface area contributed by atoms with Crippen molar-refractivity contribution < 1.29 is 14.7 Å². The molecule has 0 spiro atoms. The molecule has 1 aromatic carbocycles. The Hall–Kier alpha value is -1.84. The van der Waals surface area contributed by atoms with E-state index in [0.717, 1.165) is 0 Å². The third-order valence-electron chi connectivity index (χ3n) is 4.09. The second-order valence-electron chi connectivity index (χ2n) is 5.54. The number of carboxylic acids is 1. The summed E-state index contributed by atoms with van der Waals surface area (Å²) in [5.74, 6) is -0.524. The van der Waals surface area contributed by atoms with E-state index in [1.165, 1.54) is 31.7 Å². The van der Waals surface area contributed by atoms with E-state index in [1.807, 2.05) is 6.92 Å². The fourth-order valence-electron chi connectivity index (χ4n) is 2.94. The van der Waals surface area contributed by atoms with Gasteiger partial charge in [-0.15, -0.1) is 0 Å². The topological polar surface area (TPSA) is 66.4 Å². The largest absolute Gasteiger partial charge is 0.478 e. The Labute approximate surface area is 119 Å². The zero-order valence-electron chi connectivity index (χ0n) is 11.8. The number of benzene rings is 1. The predicted octanol–water partition coefficient (Wildman–Crippen LogP) is 2.62. The summed E-state index contributed by atoms with van der Waals surface area (Å²) < 4.78 is 0. The maximum Gasteiger partial charge on any atom is 0.335 e. The second kappa shape index (κ2) is 6.55. The number of amides is 1. The molecule has 0 radical (unpaired) electrons. The third kappa shape index (κ3) is 3.59. The number of hydrogen-bond donors (Lipinski definition) is 2. The first kappa shape index (κ1) is 14.6. The maximum absolute atomic E-state index is 12.1. The van der Waals surface area contributed by atoms with Crippen molar-refractivity contribution in [2.24, 2.45) is 5.92 Å². The molecular weight excluding hydrogens is 254 g/mol. The minimum Gasteiger partial charge on any atom is -0.478 e. The van der Waals surface area contributed by atoms with Crippen molar-refractivity contribution in [1.29, 1.82) is 0 Å². The molecule has 0 aromatic heterocycles. The van der Waals surface area contributed by atoms with Crippen LogP contribution in [0.1, 0.15) is 48.5 Å². The molecule has 1 amide bonds. The fourth-order valence-corrected chi connectivity index (χ4v) is 2.94. The van der Waals surface area contributed by atoms with Crippen LogP contribution in [0.3, 0.4) is 0 Å². The summed E-state index contributed by atoms with van der Waals surface area (Å²) in [7, 11) is 0. The van der Waals surface area contributed by atoms with E-state index < -0.39 is 5.97 Å². The molecule has 1 aliphatic carbocycles.